The Morgan fingerprint density at radius 1 is 1.13 bits per heavy atom. The minimum absolute atomic E-state index is 0.0143. The Morgan fingerprint density at radius 3 is 2.39 bits per heavy atom. The molecule has 122 valence electrons. The van der Waals surface area contributed by atoms with E-state index in [4.69, 9.17) is 5.26 Å². The van der Waals surface area contributed by atoms with Crippen LogP contribution in [0.3, 0.4) is 0 Å². The van der Waals surface area contributed by atoms with E-state index in [1.54, 1.807) is 12.1 Å². The largest absolute Gasteiger partial charge is 0.334 e. The van der Waals surface area contributed by atoms with Gasteiger partial charge in [-0.25, -0.2) is 4.79 Å². The van der Waals surface area contributed by atoms with Crippen molar-refractivity contribution < 1.29 is 4.79 Å². The molecule has 2 fully saturated rings. The summed E-state index contributed by atoms with van der Waals surface area (Å²) in [6.07, 6.45) is 5.36. The molecule has 0 spiro atoms. The minimum atomic E-state index is 0.0143. The number of benzene rings is 1. The molecule has 5 nitrogen and oxygen atoms in total. The maximum absolute atomic E-state index is 12.3. The van der Waals surface area contributed by atoms with E-state index in [1.165, 1.54) is 25.7 Å². The number of carbonyl (C=O) groups excluding carboxylic acids is 1. The molecule has 23 heavy (non-hydrogen) atoms. The van der Waals surface area contributed by atoms with E-state index in [2.05, 4.69) is 16.3 Å². The van der Waals surface area contributed by atoms with Crippen molar-refractivity contribution in [3.05, 3.63) is 35.4 Å². The van der Waals surface area contributed by atoms with Crippen LogP contribution in [0, 0.1) is 11.3 Å². The van der Waals surface area contributed by atoms with Crippen molar-refractivity contribution >= 4 is 6.03 Å². The van der Waals surface area contributed by atoms with E-state index in [1.807, 2.05) is 17.0 Å². The Hall–Kier alpha value is -2.06. The number of urea groups is 1. The van der Waals surface area contributed by atoms with Crippen LogP contribution in [0.25, 0.3) is 0 Å². The molecule has 2 aliphatic rings. The summed E-state index contributed by atoms with van der Waals surface area (Å²) in [6, 6.07) is 10.2. The van der Waals surface area contributed by atoms with Crippen LogP contribution >= 0.6 is 0 Å². The number of nitrogens with zero attached hydrogens (tertiary/aromatic N) is 3. The monoisotopic (exact) mass is 312 g/mol. The van der Waals surface area contributed by atoms with Gasteiger partial charge in [0.2, 0.25) is 0 Å². The molecule has 0 bridgehead atoms. The first-order valence-corrected chi connectivity index (χ1v) is 8.52. The van der Waals surface area contributed by atoms with Crippen molar-refractivity contribution in [1.29, 1.82) is 5.26 Å². The van der Waals surface area contributed by atoms with Crippen molar-refractivity contribution in [3.63, 3.8) is 0 Å². The summed E-state index contributed by atoms with van der Waals surface area (Å²) < 4.78 is 0. The molecule has 0 atom stereocenters. The van der Waals surface area contributed by atoms with E-state index < -0.39 is 0 Å². The Bertz CT molecular complexity index is 564. The van der Waals surface area contributed by atoms with Crippen molar-refractivity contribution in [2.24, 2.45) is 0 Å². The Labute approximate surface area is 137 Å². The first-order valence-electron chi connectivity index (χ1n) is 8.52. The highest BCUT2D eigenvalue weighted by Gasteiger charge is 2.27. The number of nitriles is 1. The molecule has 1 aliphatic heterocycles. The van der Waals surface area contributed by atoms with Crippen LogP contribution in [0.4, 0.5) is 4.79 Å². The van der Waals surface area contributed by atoms with Crippen LogP contribution in [0.1, 0.15) is 36.8 Å². The normalized spacial score (nSPS) is 19.5. The lowest BCUT2D eigenvalue weighted by Crippen LogP contribution is -2.53. The number of hydrogen-bond acceptors (Lipinski definition) is 3. The number of carbonyl (C=O) groups is 1. The average Bonchev–Trinajstić information content (AvgIpc) is 3.15. The van der Waals surface area contributed by atoms with E-state index in [0.717, 1.165) is 37.8 Å². The summed E-state index contributed by atoms with van der Waals surface area (Å²) in [7, 11) is 0. The lowest BCUT2D eigenvalue weighted by atomic mass is 10.1. The van der Waals surface area contributed by atoms with Gasteiger partial charge < -0.3 is 10.2 Å². The fraction of sp³-hybridized carbons (Fsp3) is 0.556. The molecule has 0 radical (unpaired) electrons. The Morgan fingerprint density at radius 2 is 1.78 bits per heavy atom. The molecule has 1 aromatic rings. The lowest BCUT2D eigenvalue weighted by molar-refractivity contribution is 0.109. The van der Waals surface area contributed by atoms with Gasteiger partial charge in [0.15, 0.2) is 0 Å². The summed E-state index contributed by atoms with van der Waals surface area (Å²) in [5.74, 6) is 0. The van der Waals surface area contributed by atoms with Crippen molar-refractivity contribution in [2.45, 2.75) is 38.3 Å². The third-order valence-corrected chi connectivity index (χ3v) is 4.97. The zero-order chi connectivity index (χ0) is 16.1. The molecule has 0 unspecified atom stereocenters. The van der Waals surface area contributed by atoms with Crippen LogP contribution in [0.5, 0.6) is 0 Å². The molecule has 1 saturated heterocycles. The smallest absolute Gasteiger partial charge is 0.317 e. The average molecular weight is 312 g/mol. The van der Waals surface area contributed by atoms with Gasteiger partial charge in [-0.1, -0.05) is 25.0 Å². The molecule has 5 heteroatoms. The number of nitrogens with one attached hydrogen (secondary N) is 1. The van der Waals surface area contributed by atoms with E-state index in [9.17, 15) is 4.79 Å². The molecule has 1 saturated carbocycles. The van der Waals surface area contributed by atoms with E-state index in [-0.39, 0.29) is 6.03 Å². The van der Waals surface area contributed by atoms with Gasteiger partial charge in [0.05, 0.1) is 11.6 Å². The second kappa shape index (κ2) is 7.47. The Balaban J connectivity index is 1.43. The molecular formula is C18H24N4O. The van der Waals surface area contributed by atoms with Crippen molar-refractivity contribution in [3.8, 4) is 6.07 Å². The number of piperazine rings is 1. The molecule has 0 aromatic heterocycles. The number of rotatable bonds is 3. The van der Waals surface area contributed by atoms with Gasteiger partial charge in [-0.2, -0.15) is 5.26 Å². The fourth-order valence-corrected chi connectivity index (χ4v) is 3.55. The minimum Gasteiger partial charge on any atom is -0.334 e. The summed E-state index contributed by atoms with van der Waals surface area (Å²) >= 11 is 0. The van der Waals surface area contributed by atoms with E-state index >= 15 is 0 Å². The second-order valence-electron chi connectivity index (χ2n) is 6.43. The summed E-state index contributed by atoms with van der Waals surface area (Å²) in [4.78, 5) is 16.7. The van der Waals surface area contributed by atoms with Gasteiger partial charge in [0.25, 0.3) is 0 Å². The van der Waals surface area contributed by atoms with Gasteiger partial charge in [0, 0.05) is 38.8 Å². The van der Waals surface area contributed by atoms with Crippen LogP contribution in [-0.4, -0.2) is 48.1 Å². The highest BCUT2D eigenvalue weighted by molar-refractivity contribution is 5.74. The maximum Gasteiger partial charge on any atom is 0.317 e. The molecule has 1 aliphatic carbocycles. The molecule has 3 rings (SSSR count). The standard InChI is InChI=1S/C18H24N4O/c19-13-15-5-7-16(8-6-15)14-20-18(23)22-11-9-21(10-12-22)17-3-1-2-4-17/h5-8,17H,1-4,9-12,14H2,(H,20,23). The van der Waals surface area contributed by atoms with Crippen LogP contribution in [-0.2, 0) is 6.54 Å². The fourth-order valence-electron chi connectivity index (χ4n) is 3.55. The number of amides is 2. The highest BCUT2D eigenvalue weighted by atomic mass is 16.2. The second-order valence-corrected chi connectivity index (χ2v) is 6.43. The van der Waals surface area contributed by atoms with Gasteiger partial charge in [-0.15, -0.1) is 0 Å². The first kappa shape index (κ1) is 15.8. The zero-order valence-electron chi connectivity index (χ0n) is 13.5. The third-order valence-electron chi connectivity index (χ3n) is 4.97. The van der Waals surface area contributed by atoms with Gasteiger partial charge in [0.1, 0.15) is 0 Å². The van der Waals surface area contributed by atoms with E-state index in [0.29, 0.717) is 12.1 Å². The zero-order valence-corrected chi connectivity index (χ0v) is 13.5. The highest BCUT2D eigenvalue weighted by Crippen LogP contribution is 2.24. The topological polar surface area (TPSA) is 59.4 Å². The molecular weight excluding hydrogens is 288 g/mol. The van der Waals surface area contributed by atoms with Crippen LogP contribution < -0.4 is 5.32 Å². The maximum atomic E-state index is 12.3. The van der Waals surface area contributed by atoms with Crippen LogP contribution in [0.2, 0.25) is 0 Å². The SMILES string of the molecule is N#Cc1ccc(CNC(=O)N2CCN(C3CCCC3)CC2)cc1. The number of hydrogen-bond donors (Lipinski definition) is 1. The predicted octanol–water partition coefficient (Wildman–Crippen LogP) is 2.33. The van der Waals surface area contributed by atoms with Gasteiger partial charge >= 0.3 is 6.03 Å². The first-order chi connectivity index (χ1) is 11.3. The van der Waals surface area contributed by atoms with Gasteiger partial charge in [-0.3, -0.25) is 4.90 Å². The predicted molar refractivity (Wildman–Crippen MR) is 88.8 cm³/mol. The molecule has 1 heterocycles. The van der Waals surface area contributed by atoms with Gasteiger partial charge in [-0.05, 0) is 30.5 Å². The molecule has 2 amide bonds. The molecule has 1 aromatic carbocycles. The quantitative estimate of drug-likeness (QED) is 0.932. The summed E-state index contributed by atoms with van der Waals surface area (Å²) in [6.45, 7) is 4.13. The van der Waals surface area contributed by atoms with Crippen molar-refractivity contribution in [1.82, 2.24) is 15.1 Å². The molecule has 1 N–H and O–H groups in total. The summed E-state index contributed by atoms with van der Waals surface area (Å²) in [5.41, 5.74) is 1.66. The lowest BCUT2D eigenvalue weighted by Gasteiger charge is -2.38. The summed E-state index contributed by atoms with van der Waals surface area (Å²) in [5, 5.41) is 11.8. The van der Waals surface area contributed by atoms with Crippen molar-refractivity contribution in [2.75, 3.05) is 26.2 Å². The Kier molecular flexibility index (Phi) is 5.14. The van der Waals surface area contributed by atoms with Crippen LogP contribution in [0.15, 0.2) is 24.3 Å². The third kappa shape index (κ3) is 4.02.